The van der Waals surface area contributed by atoms with Gasteiger partial charge in [-0.2, -0.15) is 0 Å². The van der Waals surface area contributed by atoms with E-state index in [1.54, 1.807) is 0 Å². The Morgan fingerprint density at radius 3 is 2.50 bits per heavy atom. The molecule has 1 heterocycles. The minimum absolute atomic E-state index is 0.0461. The zero-order valence-corrected chi connectivity index (χ0v) is 12.1. The van der Waals surface area contributed by atoms with Gasteiger partial charge in [-0.3, -0.25) is 9.69 Å². The van der Waals surface area contributed by atoms with E-state index in [-0.39, 0.29) is 17.4 Å². The van der Waals surface area contributed by atoms with Crippen molar-refractivity contribution < 1.29 is 14.6 Å². The van der Waals surface area contributed by atoms with Gasteiger partial charge >= 0.3 is 5.97 Å². The molecule has 0 bridgehead atoms. The lowest BCUT2D eigenvalue weighted by atomic mass is 9.91. The first-order valence-corrected chi connectivity index (χ1v) is 6.89. The summed E-state index contributed by atoms with van der Waals surface area (Å²) in [6, 6.07) is 0.0461. The molecular formula is C14H27NO3. The number of rotatable bonds is 6. The first kappa shape index (κ1) is 15.4. The van der Waals surface area contributed by atoms with Gasteiger partial charge in [0.05, 0.1) is 19.1 Å². The second kappa shape index (κ2) is 6.53. The molecule has 0 aromatic rings. The minimum Gasteiger partial charge on any atom is -0.481 e. The number of ether oxygens (including phenoxy) is 1. The van der Waals surface area contributed by atoms with Gasteiger partial charge in [0.2, 0.25) is 0 Å². The number of aliphatic carboxylic acids is 1. The molecule has 1 N–H and O–H groups in total. The molecule has 106 valence electrons. The van der Waals surface area contributed by atoms with Crippen LogP contribution in [0.1, 0.15) is 40.5 Å². The Morgan fingerprint density at radius 2 is 2.00 bits per heavy atom. The summed E-state index contributed by atoms with van der Waals surface area (Å²) >= 11 is 0. The molecule has 4 heteroatoms. The fraction of sp³-hybridized carbons (Fsp3) is 0.929. The molecule has 2 atom stereocenters. The van der Waals surface area contributed by atoms with E-state index >= 15 is 0 Å². The number of carboxylic acids is 1. The monoisotopic (exact) mass is 257 g/mol. The second-order valence-corrected chi connectivity index (χ2v) is 6.40. The van der Waals surface area contributed by atoms with Crippen LogP contribution in [0, 0.1) is 11.3 Å². The molecule has 1 fully saturated rings. The van der Waals surface area contributed by atoms with Crippen molar-refractivity contribution in [3.8, 4) is 0 Å². The molecule has 18 heavy (non-hydrogen) atoms. The fourth-order valence-electron chi connectivity index (χ4n) is 2.35. The van der Waals surface area contributed by atoms with Gasteiger partial charge in [0.25, 0.3) is 0 Å². The molecule has 0 radical (unpaired) electrons. The number of carbonyl (C=O) groups is 1. The van der Waals surface area contributed by atoms with E-state index < -0.39 is 5.97 Å². The van der Waals surface area contributed by atoms with Crippen molar-refractivity contribution in [2.75, 3.05) is 26.3 Å². The summed E-state index contributed by atoms with van der Waals surface area (Å²) < 4.78 is 5.37. The standard InChI is InChI=1S/C14H27NO3/c1-5-7-15(8-6-14(2,3)4)12-10-18-9-11(12)13(16)17/h11-12H,5-10H2,1-4H3,(H,16,17). The predicted octanol–water partition coefficient (Wildman–Crippen LogP) is 2.23. The van der Waals surface area contributed by atoms with Crippen molar-refractivity contribution in [2.45, 2.75) is 46.6 Å². The summed E-state index contributed by atoms with van der Waals surface area (Å²) in [6.45, 7) is 11.6. The van der Waals surface area contributed by atoms with E-state index in [1.807, 2.05) is 0 Å². The smallest absolute Gasteiger partial charge is 0.310 e. The molecule has 1 aliphatic heterocycles. The van der Waals surface area contributed by atoms with Crippen LogP contribution in [0.3, 0.4) is 0 Å². The average molecular weight is 257 g/mol. The molecule has 2 unspecified atom stereocenters. The number of nitrogens with zero attached hydrogens (tertiary/aromatic N) is 1. The van der Waals surface area contributed by atoms with Gasteiger partial charge in [0.15, 0.2) is 0 Å². The van der Waals surface area contributed by atoms with Gasteiger partial charge in [-0.15, -0.1) is 0 Å². The molecule has 4 nitrogen and oxygen atoms in total. The minimum atomic E-state index is -0.727. The maximum atomic E-state index is 11.2. The lowest BCUT2D eigenvalue weighted by Gasteiger charge is -2.32. The van der Waals surface area contributed by atoms with E-state index in [1.165, 1.54) is 0 Å². The van der Waals surface area contributed by atoms with Crippen LogP contribution in [0.5, 0.6) is 0 Å². The first-order valence-electron chi connectivity index (χ1n) is 6.89. The predicted molar refractivity (Wildman–Crippen MR) is 71.7 cm³/mol. The SMILES string of the molecule is CCCN(CCC(C)(C)C)C1COCC1C(=O)O. The zero-order valence-electron chi connectivity index (χ0n) is 12.1. The van der Waals surface area contributed by atoms with Crippen LogP contribution in [-0.2, 0) is 9.53 Å². The maximum absolute atomic E-state index is 11.2. The Hall–Kier alpha value is -0.610. The molecule has 0 aromatic carbocycles. The molecular weight excluding hydrogens is 230 g/mol. The molecule has 0 aromatic heterocycles. The van der Waals surface area contributed by atoms with Crippen molar-refractivity contribution >= 4 is 5.97 Å². The molecule has 1 aliphatic rings. The van der Waals surface area contributed by atoms with Gasteiger partial charge in [-0.25, -0.2) is 0 Å². The van der Waals surface area contributed by atoms with Gasteiger partial charge in [0, 0.05) is 6.04 Å². The summed E-state index contributed by atoms with van der Waals surface area (Å²) in [5, 5.41) is 9.22. The van der Waals surface area contributed by atoms with Crippen molar-refractivity contribution in [2.24, 2.45) is 11.3 Å². The number of hydrogen-bond acceptors (Lipinski definition) is 3. The third kappa shape index (κ3) is 4.58. The summed E-state index contributed by atoms with van der Waals surface area (Å²) in [5.41, 5.74) is 0.282. The third-order valence-electron chi connectivity index (χ3n) is 3.50. The Morgan fingerprint density at radius 1 is 1.33 bits per heavy atom. The first-order chi connectivity index (χ1) is 8.35. The van der Waals surface area contributed by atoms with Crippen molar-refractivity contribution in [1.82, 2.24) is 4.90 Å². The number of hydrogen-bond donors (Lipinski definition) is 1. The Balaban J connectivity index is 2.62. The average Bonchev–Trinajstić information content (AvgIpc) is 2.71. The summed E-state index contributed by atoms with van der Waals surface area (Å²) in [5.74, 6) is -1.09. The largest absolute Gasteiger partial charge is 0.481 e. The normalized spacial score (nSPS) is 24.7. The Labute approximate surface area is 110 Å². The quantitative estimate of drug-likeness (QED) is 0.793. The lowest BCUT2D eigenvalue weighted by Crippen LogP contribution is -2.44. The molecule has 1 saturated heterocycles. The summed E-state index contributed by atoms with van der Waals surface area (Å²) in [4.78, 5) is 13.5. The van der Waals surface area contributed by atoms with Gasteiger partial charge < -0.3 is 9.84 Å². The highest BCUT2D eigenvalue weighted by molar-refractivity contribution is 5.71. The fourth-order valence-corrected chi connectivity index (χ4v) is 2.35. The molecule has 0 saturated carbocycles. The molecule has 0 amide bonds. The van der Waals surface area contributed by atoms with E-state index in [0.717, 1.165) is 25.9 Å². The van der Waals surface area contributed by atoms with Gasteiger partial charge in [-0.05, 0) is 31.3 Å². The van der Waals surface area contributed by atoms with E-state index in [0.29, 0.717) is 13.2 Å². The highest BCUT2D eigenvalue weighted by atomic mass is 16.5. The highest BCUT2D eigenvalue weighted by Gasteiger charge is 2.37. The molecule has 0 spiro atoms. The van der Waals surface area contributed by atoms with Crippen molar-refractivity contribution in [1.29, 1.82) is 0 Å². The van der Waals surface area contributed by atoms with Crippen LogP contribution in [0.25, 0.3) is 0 Å². The zero-order chi connectivity index (χ0) is 13.8. The second-order valence-electron chi connectivity index (χ2n) is 6.40. The Bertz CT molecular complexity index is 273. The third-order valence-corrected chi connectivity index (χ3v) is 3.50. The Kier molecular flexibility index (Phi) is 5.60. The van der Waals surface area contributed by atoms with E-state index in [2.05, 4.69) is 32.6 Å². The number of carboxylic acid groups (broad SMARTS) is 1. The van der Waals surface area contributed by atoms with E-state index in [4.69, 9.17) is 4.74 Å². The van der Waals surface area contributed by atoms with Crippen molar-refractivity contribution in [3.05, 3.63) is 0 Å². The highest BCUT2D eigenvalue weighted by Crippen LogP contribution is 2.24. The van der Waals surface area contributed by atoms with E-state index in [9.17, 15) is 9.90 Å². The maximum Gasteiger partial charge on any atom is 0.310 e. The summed E-state index contributed by atoms with van der Waals surface area (Å²) in [6.07, 6.45) is 2.13. The van der Waals surface area contributed by atoms with Crippen LogP contribution in [-0.4, -0.2) is 48.3 Å². The van der Waals surface area contributed by atoms with Gasteiger partial charge in [-0.1, -0.05) is 27.7 Å². The van der Waals surface area contributed by atoms with Crippen LogP contribution < -0.4 is 0 Å². The lowest BCUT2D eigenvalue weighted by molar-refractivity contribution is -0.143. The van der Waals surface area contributed by atoms with Gasteiger partial charge in [0.1, 0.15) is 0 Å². The topological polar surface area (TPSA) is 49.8 Å². The molecule has 1 rings (SSSR count). The van der Waals surface area contributed by atoms with Crippen molar-refractivity contribution in [3.63, 3.8) is 0 Å². The summed E-state index contributed by atoms with van der Waals surface area (Å²) in [7, 11) is 0. The van der Waals surface area contributed by atoms with Crippen LogP contribution >= 0.6 is 0 Å². The molecule has 0 aliphatic carbocycles. The van der Waals surface area contributed by atoms with Crippen LogP contribution in [0.15, 0.2) is 0 Å². The van der Waals surface area contributed by atoms with Crippen LogP contribution in [0.4, 0.5) is 0 Å². The van der Waals surface area contributed by atoms with Crippen LogP contribution in [0.2, 0.25) is 0 Å².